The Morgan fingerprint density at radius 2 is 2.15 bits per heavy atom. The number of carbonyl (C=O) groups excluding carboxylic acids is 1. The molecular weight excluding hydrogens is 349 g/mol. The second kappa shape index (κ2) is 7.75. The van der Waals surface area contributed by atoms with Crippen molar-refractivity contribution >= 4 is 5.91 Å². The number of hydrogen-bond acceptors (Lipinski definition) is 4. The Bertz CT molecular complexity index is 903. The van der Waals surface area contributed by atoms with Gasteiger partial charge in [-0.2, -0.15) is 5.10 Å². The molecule has 0 fully saturated rings. The minimum Gasteiger partial charge on any atom is -0.469 e. The normalized spacial score (nSPS) is 14.6. The summed E-state index contributed by atoms with van der Waals surface area (Å²) in [5.41, 5.74) is 3.12. The second-order valence-electron chi connectivity index (χ2n) is 6.50. The SMILES string of the molecule is O=C(NCCC(c1ccc(F)cc1)c1ccco1)c1n[nH]c2c1COCC2. The molecule has 1 amide bonds. The topological polar surface area (TPSA) is 80.2 Å². The molecule has 27 heavy (non-hydrogen) atoms. The minimum absolute atomic E-state index is 0.0719. The summed E-state index contributed by atoms with van der Waals surface area (Å²) in [6.45, 7) is 1.47. The van der Waals surface area contributed by atoms with Gasteiger partial charge in [0.25, 0.3) is 5.91 Å². The Morgan fingerprint density at radius 3 is 2.93 bits per heavy atom. The summed E-state index contributed by atoms with van der Waals surface area (Å²) in [7, 11) is 0. The number of amides is 1. The molecule has 0 saturated heterocycles. The fraction of sp³-hybridized carbons (Fsp3) is 0.300. The van der Waals surface area contributed by atoms with Crippen LogP contribution < -0.4 is 5.32 Å². The molecule has 140 valence electrons. The molecule has 2 N–H and O–H groups in total. The van der Waals surface area contributed by atoms with Gasteiger partial charge in [-0.3, -0.25) is 9.89 Å². The summed E-state index contributed by atoms with van der Waals surface area (Å²) in [5, 5.41) is 9.97. The molecule has 3 heterocycles. The number of benzene rings is 1. The standard InChI is InChI=1S/C20H20FN3O3/c21-14-5-3-13(4-6-14)15(18-2-1-10-27-18)7-9-22-20(25)19-16-12-26-11-8-17(16)23-24-19/h1-6,10,15H,7-9,11-12H2,(H,22,25)(H,23,24). The third kappa shape index (κ3) is 3.78. The second-order valence-corrected chi connectivity index (χ2v) is 6.50. The van der Waals surface area contributed by atoms with Gasteiger partial charge in [0.05, 0.1) is 19.5 Å². The van der Waals surface area contributed by atoms with Gasteiger partial charge >= 0.3 is 0 Å². The molecule has 7 heteroatoms. The van der Waals surface area contributed by atoms with Crippen LogP contribution in [-0.2, 0) is 17.8 Å². The molecule has 0 bridgehead atoms. The third-order valence-corrected chi connectivity index (χ3v) is 4.79. The van der Waals surface area contributed by atoms with Crippen LogP contribution in [0, 0.1) is 5.82 Å². The number of rotatable bonds is 6. The summed E-state index contributed by atoms with van der Waals surface area (Å²) in [5.74, 6) is 0.199. The Labute approximate surface area is 155 Å². The van der Waals surface area contributed by atoms with Crippen molar-refractivity contribution in [3.05, 3.63) is 76.8 Å². The van der Waals surface area contributed by atoms with Gasteiger partial charge in [-0.15, -0.1) is 0 Å². The molecule has 1 aliphatic rings. The number of H-pyrrole nitrogens is 1. The Kier molecular flexibility index (Phi) is 5.02. The monoisotopic (exact) mass is 369 g/mol. The third-order valence-electron chi connectivity index (χ3n) is 4.79. The maximum absolute atomic E-state index is 13.2. The van der Waals surface area contributed by atoms with Gasteiger partial charge < -0.3 is 14.5 Å². The van der Waals surface area contributed by atoms with Crippen molar-refractivity contribution < 1.29 is 18.3 Å². The average Bonchev–Trinajstić information content (AvgIpc) is 3.36. The lowest BCUT2D eigenvalue weighted by Crippen LogP contribution is -2.27. The Balaban J connectivity index is 1.43. The predicted molar refractivity (Wildman–Crippen MR) is 95.8 cm³/mol. The van der Waals surface area contributed by atoms with E-state index in [0.717, 1.165) is 29.0 Å². The van der Waals surface area contributed by atoms with Crippen molar-refractivity contribution in [3.8, 4) is 0 Å². The predicted octanol–water partition coefficient (Wildman–Crippen LogP) is 3.17. The van der Waals surface area contributed by atoms with E-state index in [1.807, 2.05) is 12.1 Å². The van der Waals surface area contributed by atoms with E-state index in [4.69, 9.17) is 9.15 Å². The van der Waals surface area contributed by atoms with Gasteiger partial charge in [0.1, 0.15) is 11.6 Å². The van der Waals surface area contributed by atoms with E-state index in [0.29, 0.717) is 31.9 Å². The molecule has 4 rings (SSSR count). The van der Waals surface area contributed by atoms with Crippen LogP contribution in [0.3, 0.4) is 0 Å². The fourth-order valence-electron chi connectivity index (χ4n) is 3.37. The van der Waals surface area contributed by atoms with Crippen LogP contribution in [0.1, 0.15) is 45.4 Å². The first-order chi connectivity index (χ1) is 13.2. The number of fused-ring (bicyclic) bond motifs is 1. The number of ether oxygens (including phenoxy) is 1. The molecule has 1 unspecified atom stereocenters. The van der Waals surface area contributed by atoms with Crippen LogP contribution >= 0.6 is 0 Å². The van der Waals surface area contributed by atoms with Crippen LogP contribution in [0.4, 0.5) is 4.39 Å². The lowest BCUT2D eigenvalue weighted by molar-refractivity contribution is 0.0924. The highest BCUT2D eigenvalue weighted by atomic mass is 19.1. The molecule has 0 aliphatic carbocycles. The van der Waals surface area contributed by atoms with Crippen LogP contribution in [-0.4, -0.2) is 29.3 Å². The number of aromatic amines is 1. The number of nitrogens with zero attached hydrogens (tertiary/aromatic N) is 1. The Hall–Kier alpha value is -2.93. The molecule has 0 saturated carbocycles. The molecule has 0 radical (unpaired) electrons. The summed E-state index contributed by atoms with van der Waals surface area (Å²) in [6, 6.07) is 10.1. The highest BCUT2D eigenvalue weighted by Crippen LogP contribution is 2.28. The number of halogens is 1. The first-order valence-corrected chi connectivity index (χ1v) is 8.93. The van der Waals surface area contributed by atoms with E-state index in [1.165, 1.54) is 12.1 Å². The van der Waals surface area contributed by atoms with Crippen molar-refractivity contribution in [2.75, 3.05) is 13.2 Å². The van der Waals surface area contributed by atoms with Crippen molar-refractivity contribution in [2.45, 2.75) is 25.4 Å². The van der Waals surface area contributed by atoms with Gasteiger partial charge in [-0.25, -0.2) is 4.39 Å². The van der Waals surface area contributed by atoms with Gasteiger partial charge in [0, 0.05) is 30.1 Å². The lowest BCUT2D eigenvalue weighted by Gasteiger charge is -2.16. The van der Waals surface area contributed by atoms with Crippen LogP contribution in [0.2, 0.25) is 0 Å². The molecule has 3 aromatic rings. The molecule has 1 aliphatic heterocycles. The zero-order chi connectivity index (χ0) is 18.6. The van der Waals surface area contributed by atoms with Gasteiger partial charge in [0.2, 0.25) is 0 Å². The Morgan fingerprint density at radius 1 is 1.30 bits per heavy atom. The maximum atomic E-state index is 13.2. The average molecular weight is 369 g/mol. The molecule has 6 nitrogen and oxygen atoms in total. The summed E-state index contributed by atoms with van der Waals surface area (Å²) >= 11 is 0. The van der Waals surface area contributed by atoms with E-state index in [-0.39, 0.29) is 17.6 Å². The number of aromatic nitrogens is 2. The molecule has 2 aromatic heterocycles. The summed E-state index contributed by atoms with van der Waals surface area (Å²) < 4.78 is 24.2. The van der Waals surface area contributed by atoms with Crippen molar-refractivity contribution in [1.82, 2.24) is 15.5 Å². The number of carbonyl (C=O) groups is 1. The molecular formula is C20H20FN3O3. The first kappa shape index (κ1) is 17.5. The highest BCUT2D eigenvalue weighted by molar-refractivity contribution is 5.93. The lowest BCUT2D eigenvalue weighted by atomic mass is 9.93. The van der Waals surface area contributed by atoms with E-state index in [1.54, 1.807) is 18.4 Å². The zero-order valence-electron chi connectivity index (χ0n) is 14.7. The fourth-order valence-corrected chi connectivity index (χ4v) is 3.37. The largest absolute Gasteiger partial charge is 0.469 e. The summed E-state index contributed by atoms with van der Waals surface area (Å²) in [4.78, 5) is 12.5. The van der Waals surface area contributed by atoms with Gasteiger partial charge in [-0.05, 0) is 36.2 Å². The number of furan rings is 1. The zero-order valence-corrected chi connectivity index (χ0v) is 14.7. The molecule has 0 spiro atoms. The highest BCUT2D eigenvalue weighted by Gasteiger charge is 2.23. The number of nitrogens with one attached hydrogen (secondary N) is 2. The van der Waals surface area contributed by atoms with Crippen molar-refractivity contribution in [2.24, 2.45) is 0 Å². The van der Waals surface area contributed by atoms with E-state index < -0.39 is 0 Å². The smallest absolute Gasteiger partial charge is 0.272 e. The van der Waals surface area contributed by atoms with E-state index >= 15 is 0 Å². The molecule has 1 aromatic carbocycles. The van der Waals surface area contributed by atoms with Gasteiger partial charge in [-0.1, -0.05) is 12.1 Å². The molecule has 1 atom stereocenters. The maximum Gasteiger partial charge on any atom is 0.272 e. The van der Waals surface area contributed by atoms with Crippen molar-refractivity contribution in [3.63, 3.8) is 0 Å². The minimum atomic E-state index is -0.282. The van der Waals surface area contributed by atoms with E-state index in [9.17, 15) is 9.18 Å². The van der Waals surface area contributed by atoms with Crippen LogP contribution in [0.25, 0.3) is 0 Å². The number of hydrogen-bond donors (Lipinski definition) is 2. The quantitative estimate of drug-likeness (QED) is 0.699. The first-order valence-electron chi connectivity index (χ1n) is 8.93. The van der Waals surface area contributed by atoms with Crippen LogP contribution in [0.15, 0.2) is 47.1 Å². The summed E-state index contributed by atoms with van der Waals surface area (Å²) in [6.07, 6.45) is 2.97. The van der Waals surface area contributed by atoms with E-state index in [2.05, 4.69) is 15.5 Å². The van der Waals surface area contributed by atoms with Gasteiger partial charge in [0.15, 0.2) is 5.69 Å². The van der Waals surface area contributed by atoms with Crippen molar-refractivity contribution in [1.29, 1.82) is 0 Å². The van der Waals surface area contributed by atoms with Crippen LogP contribution in [0.5, 0.6) is 0 Å².